The fourth-order valence-corrected chi connectivity index (χ4v) is 4.04. The zero-order valence-corrected chi connectivity index (χ0v) is 16.9. The number of aryl methyl sites for hydroxylation is 4. The lowest BCUT2D eigenvalue weighted by Crippen LogP contribution is -2.30. The summed E-state index contributed by atoms with van der Waals surface area (Å²) in [5.74, 6) is -0.0116. The highest BCUT2D eigenvalue weighted by atomic mass is 32.1. The van der Waals surface area contributed by atoms with Gasteiger partial charge in [0.15, 0.2) is 0 Å². The average Bonchev–Trinajstić information content (AvgIpc) is 3.13. The normalized spacial score (nSPS) is 12.2. The SMILES string of the molecule is Cc1cc(C)n(-c2ccc(C(=O)N(C)[C@@H](C)c3nc(C)sc3C)cc2)n1. The van der Waals surface area contributed by atoms with Crippen LogP contribution >= 0.6 is 11.3 Å². The second-order valence-electron chi connectivity index (χ2n) is 6.65. The van der Waals surface area contributed by atoms with Crippen LogP contribution in [-0.2, 0) is 0 Å². The van der Waals surface area contributed by atoms with E-state index in [1.54, 1.807) is 16.2 Å². The first-order chi connectivity index (χ1) is 12.3. The minimum absolute atomic E-state index is 0.0116. The first-order valence-corrected chi connectivity index (χ1v) is 9.44. The van der Waals surface area contributed by atoms with Crippen molar-refractivity contribution in [2.75, 3.05) is 7.05 Å². The van der Waals surface area contributed by atoms with E-state index in [2.05, 4.69) is 17.0 Å². The van der Waals surface area contributed by atoms with Gasteiger partial charge in [0, 0.05) is 23.2 Å². The Morgan fingerprint density at radius 3 is 2.31 bits per heavy atom. The van der Waals surface area contributed by atoms with Crippen molar-refractivity contribution in [2.45, 2.75) is 40.7 Å². The molecule has 0 radical (unpaired) electrons. The molecule has 1 atom stereocenters. The van der Waals surface area contributed by atoms with Crippen molar-refractivity contribution in [3.05, 3.63) is 62.9 Å². The van der Waals surface area contributed by atoms with Gasteiger partial charge in [-0.25, -0.2) is 9.67 Å². The van der Waals surface area contributed by atoms with Crippen LogP contribution in [0.4, 0.5) is 0 Å². The third kappa shape index (κ3) is 3.42. The molecule has 3 rings (SSSR count). The molecule has 0 spiro atoms. The van der Waals surface area contributed by atoms with Gasteiger partial charge in [-0.05, 0) is 65.0 Å². The van der Waals surface area contributed by atoms with Crippen molar-refractivity contribution in [1.82, 2.24) is 19.7 Å². The average molecular weight is 369 g/mol. The van der Waals surface area contributed by atoms with Crippen LogP contribution in [0.3, 0.4) is 0 Å². The van der Waals surface area contributed by atoms with Crippen LogP contribution in [0.2, 0.25) is 0 Å². The van der Waals surface area contributed by atoms with E-state index < -0.39 is 0 Å². The zero-order chi connectivity index (χ0) is 19.0. The van der Waals surface area contributed by atoms with Crippen LogP contribution in [0.15, 0.2) is 30.3 Å². The molecule has 0 unspecified atom stereocenters. The zero-order valence-electron chi connectivity index (χ0n) is 16.1. The molecule has 5 nitrogen and oxygen atoms in total. The van der Waals surface area contributed by atoms with Crippen LogP contribution in [0, 0.1) is 27.7 Å². The topological polar surface area (TPSA) is 51.0 Å². The molecule has 0 saturated heterocycles. The van der Waals surface area contributed by atoms with E-state index in [9.17, 15) is 4.79 Å². The fourth-order valence-electron chi connectivity index (χ4n) is 3.13. The summed E-state index contributed by atoms with van der Waals surface area (Å²) in [4.78, 5) is 20.4. The molecule has 3 aromatic rings. The Hall–Kier alpha value is -2.47. The third-order valence-electron chi connectivity index (χ3n) is 4.60. The molecular weight excluding hydrogens is 344 g/mol. The Morgan fingerprint density at radius 2 is 1.81 bits per heavy atom. The molecule has 6 heteroatoms. The summed E-state index contributed by atoms with van der Waals surface area (Å²) in [5.41, 5.74) is 4.64. The van der Waals surface area contributed by atoms with E-state index in [4.69, 9.17) is 0 Å². The molecule has 0 saturated carbocycles. The maximum Gasteiger partial charge on any atom is 0.254 e. The summed E-state index contributed by atoms with van der Waals surface area (Å²) in [5, 5.41) is 5.51. The molecule has 0 fully saturated rings. The maximum atomic E-state index is 12.9. The Morgan fingerprint density at radius 1 is 1.15 bits per heavy atom. The molecule has 0 aliphatic carbocycles. The molecule has 2 heterocycles. The van der Waals surface area contributed by atoms with Gasteiger partial charge >= 0.3 is 0 Å². The lowest BCUT2D eigenvalue weighted by molar-refractivity contribution is 0.0740. The highest BCUT2D eigenvalue weighted by molar-refractivity contribution is 7.11. The molecule has 1 aromatic carbocycles. The number of benzene rings is 1. The summed E-state index contributed by atoms with van der Waals surface area (Å²) in [6.45, 7) is 10.1. The van der Waals surface area contributed by atoms with Crippen LogP contribution < -0.4 is 0 Å². The van der Waals surface area contributed by atoms with Gasteiger partial charge in [0.2, 0.25) is 0 Å². The van der Waals surface area contributed by atoms with E-state index in [1.165, 1.54) is 0 Å². The molecule has 1 amide bonds. The van der Waals surface area contributed by atoms with Gasteiger partial charge < -0.3 is 4.90 Å². The van der Waals surface area contributed by atoms with Gasteiger partial charge in [-0.2, -0.15) is 5.10 Å². The minimum atomic E-state index is -0.0665. The van der Waals surface area contributed by atoms with Crippen LogP contribution in [0.25, 0.3) is 5.69 Å². The number of aromatic nitrogens is 3. The van der Waals surface area contributed by atoms with Crippen molar-refractivity contribution in [2.24, 2.45) is 0 Å². The Bertz CT molecular complexity index is 939. The lowest BCUT2D eigenvalue weighted by atomic mass is 10.1. The van der Waals surface area contributed by atoms with E-state index >= 15 is 0 Å². The predicted molar refractivity (Wildman–Crippen MR) is 105 cm³/mol. The minimum Gasteiger partial charge on any atom is -0.333 e. The molecule has 2 aromatic heterocycles. The van der Waals surface area contributed by atoms with Gasteiger partial charge in [-0.3, -0.25) is 4.79 Å². The van der Waals surface area contributed by atoms with E-state index in [-0.39, 0.29) is 11.9 Å². The summed E-state index contributed by atoms with van der Waals surface area (Å²) >= 11 is 1.67. The first kappa shape index (κ1) is 18.3. The highest BCUT2D eigenvalue weighted by Crippen LogP contribution is 2.27. The van der Waals surface area contributed by atoms with Crippen molar-refractivity contribution in [1.29, 1.82) is 0 Å². The summed E-state index contributed by atoms with van der Waals surface area (Å²) < 4.78 is 1.89. The van der Waals surface area contributed by atoms with Crippen molar-refractivity contribution >= 4 is 17.2 Å². The highest BCUT2D eigenvalue weighted by Gasteiger charge is 2.22. The number of hydrogen-bond acceptors (Lipinski definition) is 4. The van der Waals surface area contributed by atoms with Crippen molar-refractivity contribution < 1.29 is 4.79 Å². The van der Waals surface area contributed by atoms with Crippen LogP contribution in [-0.4, -0.2) is 32.6 Å². The molecule has 0 aliphatic rings. The van der Waals surface area contributed by atoms with Crippen molar-refractivity contribution in [3.63, 3.8) is 0 Å². The van der Waals surface area contributed by atoms with Gasteiger partial charge in [0.1, 0.15) is 0 Å². The van der Waals surface area contributed by atoms with Gasteiger partial charge in [-0.1, -0.05) is 0 Å². The number of carbonyl (C=O) groups excluding carboxylic acids is 1. The maximum absolute atomic E-state index is 12.9. The van der Waals surface area contributed by atoms with Gasteiger partial charge in [-0.15, -0.1) is 11.3 Å². The van der Waals surface area contributed by atoms with E-state index in [0.717, 1.165) is 32.7 Å². The summed E-state index contributed by atoms with van der Waals surface area (Å²) in [6.07, 6.45) is 0. The molecule has 26 heavy (non-hydrogen) atoms. The first-order valence-electron chi connectivity index (χ1n) is 8.62. The smallest absolute Gasteiger partial charge is 0.254 e. The number of amides is 1. The number of thiazole rings is 1. The molecule has 0 bridgehead atoms. The monoisotopic (exact) mass is 368 g/mol. The standard InChI is InChI=1S/C20H24N4OS/c1-12-11-13(2)24(22-12)18-9-7-17(8-10-18)20(25)23(6)14(3)19-15(4)26-16(5)21-19/h7-11,14H,1-6H3/t14-/m0/s1. The van der Waals surface area contributed by atoms with Gasteiger partial charge in [0.05, 0.1) is 28.1 Å². The quantitative estimate of drug-likeness (QED) is 0.686. The summed E-state index contributed by atoms with van der Waals surface area (Å²) in [7, 11) is 1.83. The third-order valence-corrected chi connectivity index (χ3v) is 5.51. The molecule has 136 valence electrons. The second-order valence-corrected chi connectivity index (χ2v) is 8.06. The molecule has 0 aliphatic heterocycles. The summed E-state index contributed by atoms with van der Waals surface area (Å²) in [6, 6.07) is 9.55. The molecular formula is C20H24N4OS. The van der Waals surface area contributed by atoms with E-state index in [1.807, 2.05) is 69.8 Å². The largest absolute Gasteiger partial charge is 0.333 e. The van der Waals surface area contributed by atoms with Crippen LogP contribution in [0.1, 0.15) is 50.3 Å². The Balaban J connectivity index is 1.81. The number of carbonyl (C=O) groups is 1. The van der Waals surface area contributed by atoms with E-state index in [0.29, 0.717) is 5.56 Å². The number of nitrogens with zero attached hydrogens (tertiary/aromatic N) is 4. The van der Waals surface area contributed by atoms with Crippen molar-refractivity contribution in [3.8, 4) is 5.69 Å². The second kappa shape index (κ2) is 7.03. The number of rotatable bonds is 4. The van der Waals surface area contributed by atoms with Crippen LogP contribution in [0.5, 0.6) is 0 Å². The lowest BCUT2D eigenvalue weighted by Gasteiger charge is -2.24. The van der Waals surface area contributed by atoms with Gasteiger partial charge in [0.25, 0.3) is 5.91 Å². The predicted octanol–water partition coefficient (Wildman–Crippen LogP) is 4.40. The Labute approximate surface area is 158 Å². The molecule has 0 N–H and O–H groups in total. The fraction of sp³-hybridized carbons (Fsp3) is 0.350. The number of hydrogen-bond donors (Lipinski definition) is 0. The Kier molecular flexibility index (Phi) is 4.96.